The molecule has 1 heterocycles. The first-order valence-corrected chi connectivity index (χ1v) is 9.43. The van der Waals surface area contributed by atoms with Crippen molar-refractivity contribution in [3.8, 4) is 11.4 Å². The van der Waals surface area contributed by atoms with E-state index in [0.29, 0.717) is 22.3 Å². The third kappa shape index (κ3) is 4.13. The second kappa shape index (κ2) is 8.11. The molecule has 31 heavy (non-hydrogen) atoms. The number of aromatic nitrogens is 2. The Morgan fingerprint density at radius 2 is 1.81 bits per heavy atom. The first-order valence-electron chi connectivity index (χ1n) is 9.43. The highest BCUT2D eigenvalue weighted by Gasteiger charge is 2.16. The molecule has 0 atom stereocenters. The van der Waals surface area contributed by atoms with Crippen LogP contribution in [-0.2, 0) is 4.79 Å². The summed E-state index contributed by atoms with van der Waals surface area (Å²) >= 11 is 0. The molecule has 0 aliphatic heterocycles. The second-order valence-electron chi connectivity index (χ2n) is 6.95. The Hall–Kier alpha value is -4.46. The van der Waals surface area contributed by atoms with Gasteiger partial charge in [-0.3, -0.25) is 14.9 Å². The summed E-state index contributed by atoms with van der Waals surface area (Å²) in [7, 11) is 0. The Labute approximate surface area is 177 Å². The summed E-state index contributed by atoms with van der Waals surface area (Å²) < 4.78 is 0.822. The van der Waals surface area contributed by atoms with Crippen LogP contribution in [0.1, 0.15) is 12.5 Å². The van der Waals surface area contributed by atoms with Gasteiger partial charge in [0, 0.05) is 29.0 Å². The minimum Gasteiger partial charge on any atom is -0.426 e. The Kier molecular flexibility index (Phi) is 5.19. The van der Waals surface area contributed by atoms with Crippen LogP contribution in [0, 0.1) is 10.1 Å². The maximum Gasteiger partial charge on any atom is 0.271 e. The standard InChI is InChI=1S/C23H18N4O4/c1-15(13-16-5-3-2-4-6-16)23(28)24-18-9-7-17(8-10-18)22-25-20-12-11-19(27(30)31)14-21(20)26(22)29/h2-14,29H,1H3,(H,24,28). The zero-order valence-electron chi connectivity index (χ0n) is 16.5. The van der Waals surface area contributed by atoms with Crippen molar-refractivity contribution in [2.24, 2.45) is 0 Å². The van der Waals surface area contributed by atoms with E-state index < -0.39 is 4.92 Å². The highest BCUT2D eigenvalue weighted by atomic mass is 16.6. The fourth-order valence-corrected chi connectivity index (χ4v) is 3.15. The van der Waals surface area contributed by atoms with E-state index in [1.165, 1.54) is 18.2 Å². The highest BCUT2D eigenvalue weighted by Crippen LogP contribution is 2.27. The lowest BCUT2D eigenvalue weighted by atomic mass is 10.1. The quantitative estimate of drug-likeness (QED) is 0.209. The highest BCUT2D eigenvalue weighted by molar-refractivity contribution is 6.06. The number of benzene rings is 3. The zero-order chi connectivity index (χ0) is 22.0. The van der Waals surface area contributed by atoms with Crippen molar-refractivity contribution in [3.05, 3.63) is 94.0 Å². The van der Waals surface area contributed by atoms with E-state index in [1.54, 1.807) is 37.3 Å². The number of nitrogens with zero attached hydrogens (tertiary/aromatic N) is 3. The lowest BCUT2D eigenvalue weighted by molar-refractivity contribution is -0.384. The fraction of sp³-hybridized carbons (Fsp3) is 0.0435. The zero-order valence-corrected chi connectivity index (χ0v) is 16.5. The SMILES string of the molecule is CC(=Cc1ccccc1)C(=O)Nc1ccc(-c2nc3ccc([N+](=O)[O-])cc3n2O)cc1. The number of hydrogen-bond donors (Lipinski definition) is 2. The van der Waals surface area contributed by atoms with Crippen LogP contribution in [0.4, 0.5) is 11.4 Å². The summed E-state index contributed by atoms with van der Waals surface area (Å²) in [6.07, 6.45) is 1.80. The number of imidazole rings is 1. The normalized spacial score (nSPS) is 11.5. The molecule has 0 radical (unpaired) electrons. The minimum atomic E-state index is -0.530. The van der Waals surface area contributed by atoms with Gasteiger partial charge in [0.2, 0.25) is 0 Å². The van der Waals surface area contributed by atoms with Gasteiger partial charge in [-0.15, -0.1) is 0 Å². The number of anilines is 1. The van der Waals surface area contributed by atoms with E-state index in [2.05, 4.69) is 10.3 Å². The number of carbonyl (C=O) groups excluding carboxylic acids is 1. The predicted molar refractivity (Wildman–Crippen MR) is 118 cm³/mol. The van der Waals surface area contributed by atoms with Gasteiger partial charge in [0.05, 0.1) is 10.4 Å². The molecule has 154 valence electrons. The van der Waals surface area contributed by atoms with Gasteiger partial charge in [-0.2, -0.15) is 4.73 Å². The molecule has 0 spiro atoms. The monoisotopic (exact) mass is 414 g/mol. The number of amides is 1. The summed E-state index contributed by atoms with van der Waals surface area (Å²) in [5, 5.41) is 24.2. The number of rotatable bonds is 5. The third-order valence-electron chi connectivity index (χ3n) is 4.77. The molecule has 4 aromatic rings. The van der Waals surface area contributed by atoms with Gasteiger partial charge < -0.3 is 10.5 Å². The van der Waals surface area contributed by atoms with Crippen molar-refractivity contribution in [2.75, 3.05) is 5.32 Å². The summed E-state index contributed by atoms with van der Waals surface area (Å²) in [5.41, 5.74) is 3.22. The molecule has 0 fully saturated rings. The van der Waals surface area contributed by atoms with Crippen LogP contribution in [0.5, 0.6) is 0 Å². The number of hydrogen-bond acceptors (Lipinski definition) is 5. The van der Waals surface area contributed by atoms with Gasteiger partial charge in [-0.05, 0) is 48.9 Å². The average molecular weight is 414 g/mol. The largest absolute Gasteiger partial charge is 0.426 e. The van der Waals surface area contributed by atoms with Gasteiger partial charge in [-0.25, -0.2) is 4.98 Å². The third-order valence-corrected chi connectivity index (χ3v) is 4.77. The lowest BCUT2D eigenvalue weighted by Gasteiger charge is -2.07. The van der Waals surface area contributed by atoms with E-state index in [0.717, 1.165) is 10.3 Å². The molecular formula is C23H18N4O4. The Morgan fingerprint density at radius 3 is 2.48 bits per heavy atom. The van der Waals surface area contributed by atoms with Crippen molar-refractivity contribution < 1.29 is 14.9 Å². The average Bonchev–Trinajstić information content (AvgIpc) is 3.11. The molecule has 2 N–H and O–H groups in total. The molecule has 0 bridgehead atoms. The second-order valence-corrected chi connectivity index (χ2v) is 6.95. The van der Waals surface area contributed by atoms with E-state index in [-0.39, 0.29) is 22.9 Å². The van der Waals surface area contributed by atoms with E-state index in [4.69, 9.17) is 0 Å². The van der Waals surface area contributed by atoms with Crippen LogP contribution in [-0.4, -0.2) is 25.8 Å². The Bertz CT molecular complexity index is 1310. The molecular weight excluding hydrogens is 396 g/mol. The molecule has 8 nitrogen and oxygen atoms in total. The van der Waals surface area contributed by atoms with Gasteiger partial charge in [0.25, 0.3) is 11.6 Å². The Balaban J connectivity index is 1.54. The van der Waals surface area contributed by atoms with Crippen molar-refractivity contribution >= 4 is 34.4 Å². The molecule has 0 aliphatic rings. The first kappa shape index (κ1) is 19.8. The molecule has 1 amide bonds. The maximum atomic E-state index is 12.4. The first-order chi connectivity index (χ1) is 14.9. The topological polar surface area (TPSA) is 110 Å². The number of nitro benzene ring substituents is 1. The molecule has 4 rings (SSSR count). The van der Waals surface area contributed by atoms with Crippen LogP contribution in [0.3, 0.4) is 0 Å². The van der Waals surface area contributed by atoms with Crippen molar-refractivity contribution in [2.45, 2.75) is 6.92 Å². The number of carbonyl (C=O) groups is 1. The molecule has 8 heteroatoms. The smallest absolute Gasteiger partial charge is 0.271 e. The van der Waals surface area contributed by atoms with E-state index >= 15 is 0 Å². The van der Waals surface area contributed by atoms with Crippen LogP contribution in [0.25, 0.3) is 28.5 Å². The van der Waals surface area contributed by atoms with Crippen molar-refractivity contribution in [3.63, 3.8) is 0 Å². The number of fused-ring (bicyclic) bond motifs is 1. The van der Waals surface area contributed by atoms with Crippen molar-refractivity contribution in [1.82, 2.24) is 9.71 Å². The van der Waals surface area contributed by atoms with Crippen molar-refractivity contribution in [1.29, 1.82) is 0 Å². The predicted octanol–water partition coefficient (Wildman–Crippen LogP) is 4.89. The summed E-state index contributed by atoms with van der Waals surface area (Å²) in [6, 6.07) is 20.5. The molecule has 3 aromatic carbocycles. The molecule has 0 unspecified atom stereocenters. The molecule has 0 aliphatic carbocycles. The fourth-order valence-electron chi connectivity index (χ4n) is 3.15. The van der Waals surface area contributed by atoms with Crippen LogP contribution < -0.4 is 5.32 Å². The number of nitro groups is 1. The number of nitrogens with one attached hydrogen (secondary N) is 1. The summed E-state index contributed by atoms with van der Waals surface area (Å²) in [4.78, 5) is 27.2. The van der Waals surface area contributed by atoms with E-state index in [9.17, 15) is 20.1 Å². The van der Waals surface area contributed by atoms with Gasteiger partial charge >= 0.3 is 0 Å². The summed E-state index contributed by atoms with van der Waals surface area (Å²) in [5.74, 6) is 0.0202. The molecule has 0 saturated heterocycles. The molecule has 0 saturated carbocycles. The van der Waals surface area contributed by atoms with Gasteiger partial charge in [0.1, 0.15) is 5.52 Å². The maximum absolute atomic E-state index is 12.4. The van der Waals surface area contributed by atoms with Crippen LogP contribution >= 0.6 is 0 Å². The molecule has 1 aromatic heterocycles. The number of non-ortho nitro benzene ring substituents is 1. The Morgan fingerprint density at radius 1 is 1.10 bits per heavy atom. The van der Waals surface area contributed by atoms with Crippen LogP contribution in [0.2, 0.25) is 0 Å². The summed E-state index contributed by atoms with van der Waals surface area (Å²) in [6.45, 7) is 1.74. The van der Waals surface area contributed by atoms with E-state index in [1.807, 2.05) is 30.3 Å². The van der Waals surface area contributed by atoms with Crippen LogP contribution in [0.15, 0.2) is 78.4 Å². The minimum absolute atomic E-state index is 0.133. The van der Waals surface area contributed by atoms with Gasteiger partial charge in [-0.1, -0.05) is 30.3 Å². The lowest BCUT2D eigenvalue weighted by Crippen LogP contribution is -2.12. The van der Waals surface area contributed by atoms with Gasteiger partial charge in [0.15, 0.2) is 5.82 Å².